The topological polar surface area (TPSA) is 48.8 Å². The lowest BCUT2D eigenvalue weighted by Gasteiger charge is -2.03. The number of rotatable bonds is 0. The summed E-state index contributed by atoms with van der Waals surface area (Å²) in [5.74, 6) is 0. The van der Waals surface area contributed by atoms with Crippen molar-refractivity contribution in [2.45, 2.75) is 0 Å². The summed E-state index contributed by atoms with van der Waals surface area (Å²) in [5, 5.41) is 9.53. The van der Waals surface area contributed by atoms with Crippen molar-refractivity contribution in [1.29, 1.82) is 0 Å². The predicted octanol–water partition coefficient (Wildman–Crippen LogP) is -1.71. The van der Waals surface area contributed by atoms with Gasteiger partial charge in [0.1, 0.15) is 6.20 Å². The molecule has 1 aliphatic rings. The maximum atomic E-state index is 9.87. The number of hydrogen-bond acceptors (Lipinski definition) is 3. The van der Waals surface area contributed by atoms with Crippen LogP contribution >= 0.6 is 0 Å². The van der Waals surface area contributed by atoms with Crippen molar-refractivity contribution in [1.82, 2.24) is 5.48 Å². The molecule has 2 N–H and O–H groups in total. The van der Waals surface area contributed by atoms with E-state index in [2.05, 4.69) is 10.4 Å². The van der Waals surface area contributed by atoms with Crippen LogP contribution in [0.4, 0.5) is 0 Å². The highest BCUT2D eigenvalue weighted by Crippen LogP contribution is 1.60. The Morgan fingerprint density at radius 3 is 2.83 bits per heavy atom. The molecule has 0 radical (unpaired) electrons. The molecule has 1 atom stereocenters. The van der Waals surface area contributed by atoms with Crippen LogP contribution in [0.1, 0.15) is 0 Å². The van der Waals surface area contributed by atoms with Gasteiger partial charge in [-0.2, -0.15) is 5.23 Å². The highest BCUT2D eigenvalue weighted by molar-refractivity contribution is 4.64. The summed E-state index contributed by atoms with van der Waals surface area (Å²) in [7, 11) is 0. The molecule has 0 saturated heterocycles. The molecule has 1 unspecified atom stereocenters. The van der Waals surface area contributed by atoms with Crippen LogP contribution in [0, 0.1) is 5.21 Å². The SMILES string of the molecule is [O-][NH+]1C=CNO1. The summed E-state index contributed by atoms with van der Waals surface area (Å²) in [6.45, 7) is 0. The van der Waals surface area contributed by atoms with Gasteiger partial charge in [0.25, 0.3) is 0 Å². The van der Waals surface area contributed by atoms with Crippen LogP contribution in [0.3, 0.4) is 0 Å². The lowest BCUT2D eigenvalue weighted by molar-refractivity contribution is -1.01. The minimum Gasteiger partial charge on any atom is -0.593 e. The van der Waals surface area contributed by atoms with Crippen molar-refractivity contribution in [3.8, 4) is 0 Å². The Kier molecular flexibility index (Phi) is 0.754. The predicted molar refractivity (Wildman–Crippen MR) is 17.7 cm³/mol. The molecule has 0 fully saturated rings. The van der Waals surface area contributed by atoms with Gasteiger partial charge < -0.3 is 5.21 Å². The van der Waals surface area contributed by atoms with E-state index in [4.69, 9.17) is 0 Å². The number of hydroxylamine groups is 3. The zero-order valence-electron chi connectivity index (χ0n) is 2.97. The van der Waals surface area contributed by atoms with E-state index in [9.17, 15) is 5.21 Å². The van der Waals surface area contributed by atoms with Crippen molar-refractivity contribution >= 4 is 0 Å². The summed E-state index contributed by atoms with van der Waals surface area (Å²) in [6.07, 6.45) is 2.74. The van der Waals surface area contributed by atoms with Crippen molar-refractivity contribution in [2.24, 2.45) is 0 Å². The van der Waals surface area contributed by atoms with Gasteiger partial charge >= 0.3 is 0 Å². The molecular formula is C2H4N2O2. The zero-order valence-corrected chi connectivity index (χ0v) is 2.97. The zero-order chi connectivity index (χ0) is 4.41. The van der Waals surface area contributed by atoms with Crippen LogP contribution in [-0.2, 0) is 4.94 Å². The second-order valence-corrected chi connectivity index (χ2v) is 0.872. The summed E-state index contributed by atoms with van der Waals surface area (Å²) in [5.41, 5.74) is 2.24. The fourth-order valence-corrected chi connectivity index (χ4v) is 0.228. The van der Waals surface area contributed by atoms with Crippen LogP contribution in [0.5, 0.6) is 0 Å². The van der Waals surface area contributed by atoms with Gasteiger partial charge in [0.2, 0.25) is 0 Å². The number of quaternary nitrogens is 1. The molecule has 0 spiro atoms. The molecule has 0 aromatic heterocycles. The maximum absolute atomic E-state index is 9.87. The Balaban J connectivity index is 2.38. The lowest BCUT2D eigenvalue weighted by Crippen LogP contribution is -3.00. The van der Waals surface area contributed by atoms with Crippen LogP contribution < -0.4 is 10.7 Å². The van der Waals surface area contributed by atoms with Gasteiger partial charge in [0.05, 0.1) is 6.20 Å². The average Bonchev–Trinajstić information content (AvgIpc) is 1.86. The number of hydrogen-bond donors (Lipinski definition) is 2. The fraction of sp³-hybridized carbons (Fsp3) is 0. The van der Waals surface area contributed by atoms with E-state index < -0.39 is 0 Å². The Morgan fingerprint density at radius 2 is 2.67 bits per heavy atom. The van der Waals surface area contributed by atoms with Crippen LogP contribution in [-0.4, -0.2) is 0 Å². The molecule has 0 amide bonds. The van der Waals surface area contributed by atoms with Gasteiger partial charge in [-0.15, -0.1) is 0 Å². The second-order valence-electron chi connectivity index (χ2n) is 0.872. The fourth-order valence-electron chi connectivity index (χ4n) is 0.228. The first-order valence-electron chi connectivity index (χ1n) is 1.52. The monoisotopic (exact) mass is 88.0 g/mol. The maximum Gasteiger partial charge on any atom is 0.148 e. The molecular weight excluding hydrogens is 84.0 g/mol. The summed E-state index contributed by atoms with van der Waals surface area (Å²) < 4.78 is 0. The minimum absolute atomic E-state index is 0.338. The first kappa shape index (κ1) is 3.60. The van der Waals surface area contributed by atoms with Gasteiger partial charge in [-0.05, 0) is 0 Å². The summed E-state index contributed by atoms with van der Waals surface area (Å²) >= 11 is 0. The smallest absolute Gasteiger partial charge is 0.148 e. The van der Waals surface area contributed by atoms with Crippen LogP contribution in [0.2, 0.25) is 0 Å². The molecule has 4 nitrogen and oxygen atoms in total. The Bertz CT molecular complexity index is 71.9. The molecule has 0 saturated carbocycles. The lowest BCUT2D eigenvalue weighted by atomic mass is 11.0. The van der Waals surface area contributed by atoms with E-state index in [-0.39, 0.29) is 5.23 Å². The normalized spacial score (nSPS) is 30.5. The van der Waals surface area contributed by atoms with E-state index >= 15 is 0 Å². The molecule has 1 aliphatic heterocycles. The highest BCUT2D eigenvalue weighted by Gasteiger charge is 1.94. The minimum atomic E-state index is -0.338. The number of nitrogens with one attached hydrogen (secondary N) is 2. The molecule has 4 heteroatoms. The Morgan fingerprint density at radius 1 is 1.83 bits per heavy atom. The Labute approximate surface area is 34.5 Å². The van der Waals surface area contributed by atoms with Crippen molar-refractivity contribution in [2.75, 3.05) is 0 Å². The first-order chi connectivity index (χ1) is 2.89. The van der Waals surface area contributed by atoms with E-state index in [1.165, 1.54) is 12.4 Å². The van der Waals surface area contributed by atoms with Gasteiger partial charge in [-0.3, -0.25) is 0 Å². The second kappa shape index (κ2) is 1.25. The molecule has 6 heavy (non-hydrogen) atoms. The third kappa shape index (κ3) is 0.486. The molecule has 1 heterocycles. The van der Waals surface area contributed by atoms with Crippen molar-refractivity contribution < 1.29 is 10.2 Å². The highest BCUT2D eigenvalue weighted by atomic mass is 17.0. The largest absolute Gasteiger partial charge is 0.593 e. The molecule has 0 aromatic rings. The Hall–Kier alpha value is -0.580. The van der Waals surface area contributed by atoms with Crippen molar-refractivity contribution in [3.63, 3.8) is 0 Å². The quantitative estimate of drug-likeness (QED) is 0.347. The van der Waals surface area contributed by atoms with Gasteiger partial charge in [-0.25, -0.2) is 5.48 Å². The molecule has 0 aromatic carbocycles. The standard InChI is InChI=1S/C2H4N2O2/c5-4-2-1-3-6-4/h1-4H. The van der Waals surface area contributed by atoms with E-state index in [0.29, 0.717) is 0 Å². The first-order valence-corrected chi connectivity index (χ1v) is 1.52. The third-order valence-electron chi connectivity index (χ3n) is 0.447. The third-order valence-corrected chi connectivity index (χ3v) is 0.447. The molecule has 0 bridgehead atoms. The van der Waals surface area contributed by atoms with Crippen LogP contribution in [0.15, 0.2) is 12.4 Å². The van der Waals surface area contributed by atoms with E-state index in [0.717, 1.165) is 0 Å². The van der Waals surface area contributed by atoms with Crippen LogP contribution in [0.25, 0.3) is 0 Å². The average molecular weight is 88.1 g/mol. The molecule has 34 valence electrons. The molecule has 0 aliphatic carbocycles. The summed E-state index contributed by atoms with van der Waals surface area (Å²) in [6, 6.07) is 0. The van der Waals surface area contributed by atoms with E-state index in [1.807, 2.05) is 0 Å². The van der Waals surface area contributed by atoms with Gasteiger partial charge in [0, 0.05) is 0 Å². The van der Waals surface area contributed by atoms with E-state index in [1.54, 1.807) is 0 Å². The molecule has 1 rings (SSSR count). The summed E-state index contributed by atoms with van der Waals surface area (Å²) in [4.78, 5) is 4.15. The van der Waals surface area contributed by atoms with Gasteiger partial charge in [-0.1, -0.05) is 4.94 Å². The van der Waals surface area contributed by atoms with Gasteiger partial charge in [0.15, 0.2) is 0 Å². The van der Waals surface area contributed by atoms with Crippen molar-refractivity contribution in [3.05, 3.63) is 17.6 Å².